The van der Waals surface area contributed by atoms with Crippen LogP contribution in [0.1, 0.15) is 143 Å². The number of rotatable bonds is 13. The van der Waals surface area contributed by atoms with E-state index in [9.17, 15) is 0 Å². The van der Waals surface area contributed by atoms with E-state index in [0.29, 0.717) is 0 Å². The van der Waals surface area contributed by atoms with Gasteiger partial charge >= 0.3 is 0 Å². The summed E-state index contributed by atoms with van der Waals surface area (Å²) in [6.07, 6.45) is 28.6. The van der Waals surface area contributed by atoms with E-state index in [1.807, 2.05) is 0 Å². The van der Waals surface area contributed by atoms with E-state index in [1.54, 1.807) is 51.4 Å². The third-order valence-corrected chi connectivity index (χ3v) is 8.19. The highest BCUT2D eigenvalue weighted by molar-refractivity contribution is 4.86. The molecule has 0 heteroatoms. The Hall–Kier alpha value is 0. The van der Waals surface area contributed by atoms with Crippen LogP contribution in [0, 0.1) is 29.6 Å². The van der Waals surface area contributed by atoms with Crippen LogP contribution < -0.4 is 0 Å². The Morgan fingerprint density at radius 3 is 1.81 bits per heavy atom. The van der Waals surface area contributed by atoms with Crippen LogP contribution in [-0.4, -0.2) is 0 Å². The number of unbranched alkanes of at least 4 members (excludes halogenated alkanes) is 8. The standard InChI is InChI=1S/C27H52/c1-4-6-8-10-12-14-24-17-19-25(20-18-24)27-21-16-23(3)22-26(27)15-13-11-9-7-5-2/h23-27H,4-22H2,1-3H3/t23-,24?,25?,26+,27-/m1/s1. The molecule has 0 bridgehead atoms. The number of hydrogen-bond donors (Lipinski definition) is 0. The lowest BCUT2D eigenvalue weighted by molar-refractivity contribution is 0.0833. The molecular weight excluding hydrogens is 324 g/mol. The summed E-state index contributed by atoms with van der Waals surface area (Å²) < 4.78 is 0. The first-order valence-electron chi connectivity index (χ1n) is 13.2. The van der Waals surface area contributed by atoms with Gasteiger partial charge in [-0.25, -0.2) is 0 Å². The van der Waals surface area contributed by atoms with Crippen molar-refractivity contribution in [1.82, 2.24) is 0 Å². The summed E-state index contributed by atoms with van der Waals surface area (Å²) in [5.74, 6) is 5.34. The zero-order chi connectivity index (χ0) is 19.3. The highest BCUT2D eigenvalue weighted by Gasteiger charge is 2.35. The van der Waals surface area contributed by atoms with Crippen LogP contribution in [0.3, 0.4) is 0 Å². The first kappa shape index (κ1) is 23.3. The second kappa shape index (κ2) is 14.1. The summed E-state index contributed by atoms with van der Waals surface area (Å²) in [6, 6.07) is 0. The molecule has 2 aliphatic rings. The summed E-state index contributed by atoms with van der Waals surface area (Å²) in [5.41, 5.74) is 0. The SMILES string of the molecule is CCCCCCCC1CCC([C@H]2CC[C@@H](C)C[C@@H]2CCCCCCC)CC1. The Kier molecular flexibility index (Phi) is 12.1. The molecule has 2 saturated carbocycles. The van der Waals surface area contributed by atoms with Gasteiger partial charge in [-0.1, -0.05) is 117 Å². The molecule has 0 aromatic heterocycles. The van der Waals surface area contributed by atoms with E-state index in [1.165, 1.54) is 70.6 Å². The molecule has 3 atom stereocenters. The lowest BCUT2D eigenvalue weighted by Crippen LogP contribution is -2.32. The molecule has 0 amide bonds. The quantitative estimate of drug-likeness (QED) is 0.281. The smallest absolute Gasteiger partial charge is 0.0357 e. The summed E-state index contributed by atoms with van der Waals surface area (Å²) in [5, 5.41) is 0. The summed E-state index contributed by atoms with van der Waals surface area (Å²) in [7, 11) is 0. The zero-order valence-electron chi connectivity index (χ0n) is 19.3. The van der Waals surface area contributed by atoms with E-state index in [-0.39, 0.29) is 0 Å². The molecule has 0 aromatic rings. The van der Waals surface area contributed by atoms with Crippen LogP contribution >= 0.6 is 0 Å². The molecule has 2 rings (SSSR count). The molecule has 0 aliphatic heterocycles. The van der Waals surface area contributed by atoms with Gasteiger partial charge in [0.05, 0.1) is 0 Å². The van der Waals surface area contributed by atoms with Gasteiger partial charge in [0.2, 0.25) is 0 Å². The first-order chi connectivity index (χ1) is 13.2. The lowest BCUT2D eigenvalue weighted by Gasteiger charge is -2.42. The van der Waals surface area contributed by atoms with Gasteiger partial charge in [-0.2, -0.15) is 0 Å². The van der Waals surface area contributed by atoms with E-state index >= 15 is 0 Å². The van der Waals surface area contributed by atoms with Gasteiger partial charge in [0.1, 0.15) is 0 Å². The number of hydrogen-bond acceptors (Lipinski definition) is 0. The van der Waals surface area contributed by atoms with Crippen LogP contribution in [0.2, 0.25) is 0 Å². The Bertz CT molecular complexity index is 338. The van der Waals surface area contributed by atoms with Gasteiger partial charge in [-0.3, -0.25) is 0 Å². The van der Waals surface area contributed by atoms with Crippen molar-refractivity contribution in [3.63, 3.8) is 0 Å². The van der Waals surface area contributed by atoms with Crippen LogP contribution in [0.25, 0.3) is 0 Å². The fraction of sp³-hybridized carbons (Fsp3) is 1.00. The largest absolute Gasteiger partial charge is 0.0654 e. The monoisotopic (exact) mass is 376 g/mol. The van der Waals surface area contributed by atoms with Gasteiger partial charge in [0.15, 0.2) is 0 Å². The van der Waals surface area contributed by atoms with Gasteiger partial charge in [-0.15, -0.1) is 0 Å². The highest BCUT2D eigenvalue weighted by Crippen LogP contribution is 2.46. The van der Waals surface area contributed by atoms with E-state index in [4.69, 9.17) is 0 Å². The molecule has 27 heavy (non-hydrogen) atoms. The van der Waals surface area contributed by atoms with Gasteiger partial charge in [0.25, 0.3) is 0 Å². The molecular formula is C27H52. The van der Waals surface area contributed by atoms with Crippen molar-refractivity contribution in [1.29, 1.82) is 0 Å². The zero-order valence-corrected chi connectivity index (χ0v) is 19.3. The lowest BCUT2D eigenvalue weighted by atomic mass is 9.63. The van der Waals surface area contributed by atoms with Crippen molar-refractivity contribution in [2.45, 2.75) is 143 Å². The Balaban J connectivity index is 1.68. The van der Waals surface area contributed by atoms with Crippen molar-refractivity contribution >= 4 is 0 Å². The molecule has 0 unspecified atom stereocenters. The van der Waals surface area contributed by atoms with Gasteiger partial charge in [-0.05, 0) is 55.3 Å². The summed E-state index contributed by atoms with van der Waals surface area (Å²) in [4.78, 5) is 0. The minimum atomic E-state index is 1.00. The Morgan fingerprint density at radius 2 is 1.19 bits per heavy atom. The average molecular weight is 377 g/mol. The molecule has 0 N–H and O–H groups in total. The van der Waals surface area contributed by atoms with Gasteiger partial charge < -0.3 is 0 Å². The molecule has 160 valence electrons. The van der Waals surface area contributed by atoms with Crippen molar-refractivity contribution in [2.24, 2.45) is 29.6 Å². The van der Waals surface area contributed by atoms with E-state index in [2.05, 4.69) is 20.8 Å². The molecule has 2 aliphatic carbocycles. The minimum absolute atomic E-state index is 1.00. The first-order valence-corrected chi connectivity index (χ1v) is 13.2. The van der Waals surface area contributed by atoms with Crippen LogP contribution in [0.4, 0.5) is 0 Å². The average Bonchev–Trinajstić information content (AvgIpc) is 2.68. The predicted octanol–water partition coefficient (Wildman–Crippen LogP) is 9.57. The van der Waals surface area contributed by atoms with Crippen LogP contribution in [0.5, 0.6) is 0 Å². The molecule has 0 nitrogen and oxygen atoms in total. The van der Waals surface area contributed by atoms with E-state index in [0.717, 1.165) is 29.6 Å². The van der Waals surface area contributed by atoms with Crippen LogP contribution in [-0.2, 0) is 0 Å². The topological polar surface area (TPSA) is 0 Å². The molecule has 0 spiro atoms. The van der Waals surface area contributed by atoms with Crippen molar-refractivity contribution < 1.29 is 0 Å². The Morgan fingerprint density at radius 1 is 0.593 bits per heavy atom. The normalized spacial score (nSPS) is 31.9. The molecule has 2 fully saturated rings. The fourth-order valence-corrected chi connectivity index (χ4v) is 6.43. The maximum atomic E-state index is 2.52. The maximum absolute atomic E-state index is 2.52. The summed E-state index contributed by atoms with van der Waals surface area (Å²) >= 11 is 0. The Labute approximate surface area is 172 Å². The third kappa shape index (κ3) is 8.91. The molecule has 0 heterocycles. The molecule has 0 aromatic carbocycles. The minimum Gasteiger partial charge on any atom is -0.0654 e. The van der Waals surface area contributed by atoms with Crippen molar-refractivity contribution in [2.75, 3.05) is 0 Å². The third-order valence-electron chi connectivity index (χ3n) is 8.19. The molecule has 0 saturated heterocycles. The second-order valence-corrected chi connectivity index (χ2v) is 10.5. The van der Waals surface area contributed by atoms with Crippen LogP contribution in [0.15, 0.2) is 0 Å². The van der Waals surface area contributed by atoms with Crippen molar-refractivity contribution in [3.8, 4) is 0 Å². The van der Waals surface area contributed by atoms with Crippen molar-refractivity contribution in [3.05, 3.63) is 0 Å². The second-order valence-electron chi connectivity index (χ2n) is 10.5. The molecule has 0 radical (unpaired) electrons. The predicted molar refractivity (Wildman–Crippen MR) is 122 cm³/mol. The highest BCUT2D eigenvalue weighted by atomic mass is 14.4. The maximum Gasteiger partial charge on any atom is -0.0357 e. The summed E-state index contributed by atoms with van der Waals surface area (Å²) in [6.45, 7) is 7.18. The fourth-order valence-electron chi connectivity index (χ4n) is 6.43. The van der Waals surface area contributed by atoms with Gasteiger partial charge in [0, 0.05) is 0 Å². The van der Waals surface area contributed by atoms with E-state index < -0.39 is 0 Å².